The van der Waals surface area contributed by atoms with E-state index in [0.29, 0.717) is 16.0 Å². The molecule has 4 rings (SSSR count). The third-order valence-corrected chi connectivity index (χ3v) is 6.01. The zero-order valence-corrected chi connectivity index (χ0v) is 19.9. The highest BCUT2D eigenvalue weighted by Gasteiger charge is 2.17. The quantitative estimate of drug-likeness (QED) is 0.284. The Morgan fingerprint density at radius 3 is 2.56 bits per heavy atom. The van der Waals surface area contributed by atoms with Crippen molar-refractivity contribution in [2.24, 2.45) is 0 Å². The molecule has 6 nitrogen and oxygen atoms in total. The van der Waals surface area contributed by atoms with Crippen LogP contribution in [0.15, 0.2) is 88.5 Å². The lowest BCUT2D eigenvalue weighted by Gasteiger charge is -2.11. The minimum absolute atomic E-state index is 0.138. The highest BCUT2D eigenvalue weighted by Crippen LogP contribution is 2.25. The zero-order chi connectivity index (χ0) is 22.3. The van der Waals surface area contributed by atoms with Gasteiger partial charge >= 0.3 is 0 Å². The first-order chi connectivity index (χ1) is 15.6. The van der Waals surface area contributed by atoms with E-state index in [1.54, 1.807) is 12.1 Å². The average molecular weight is 530 g/mol. The Hall–Kier alpha value is -2.81. The largest absolute Gasteiger partial charge is 0.486 e. The van der Waals surface area contributed by atoms with E-state index < -0.39 is 0 Å². The number of nitrogens with zero attached hydrogens (tertiary/aromatic N) is 3. The van der Waals surface area contributed by atoms with Crippen molar-refractivity contribution < 1.29 is 9.53 Å². The first-order valence-electron chi connectivity index (χ1n) is 9.65. The smallest absolute Gasteiger partial charge is 0.234 e. The van der Waals surface area contributed by atoms with Gasteiger partial charge in [0.05, 0.1) is 5.75 Å². The summed E-state index contributed by atoms with van der Waals surface area (Å²) in [6.45, 7) is 0.227. The predicted octanol–water partition coefficient (Wildman–Crippen LogP) is 5.99. The molecule has 0 unspecified atom stereocenters. The summed E-state index contributed by atoms with van der Waals surface area (Å²) in [7, 11) is 0. The fraction of sp³-hybridized carbons (Fsp3) is 0.0870. The molecule has 0 spiro atoms. The van der Waals surface area contributed by atoms with Crippen molar-refractivity contribution in [1.82, 2.24) is 14.8 Å². The van der Waals surface area contributed by atoms with Crippen LogP contribution in [0.5, 0.6) is 5.75 Å². The van der Waals surface area contributed by atoms with Gasteiger partial charge in [-0.2, -0.15) is 0 Å². The second-order valence-corrected chi connectivity index (χ2v) is 8.95. The second-order valence-electron chi connectivity index (χ2n) is 6.66. The normalized spacial score (nSPS) is 10.7. The maximum absolute atomic E-state index is 12.5. The summed E-state index contributed by atoms with van der Waals surface area (Å²) in [5.74, 6) is 1.39. The Bertz CT molecular complexity index is 1200. The molecule has 0 saturated carbocycles. The van der Waals surface area contributed by atoms with Gasteiger partial charge in [-0.05, 0) is 54.6 Å². The third-order valence-electron chi connectivity index (χ3n) is 4.34. The molecule has 1 amide bonds. The summed E-state index contributed by atoms with van der Waals surface area (Å²) < 4.78 is 8.63. The van der Waals surface area contributed by atoms with Crippen LogP contribution in [-0.2, 0) is 11.4 Å². The van der Waals surface area contributed by atoms with Crippen LogP contribution >= 0.6 is 39.3 Å². The number of para-hydroxylation sites is 1. The number of hydrogen-bond donors (Lipinski definition) is 1. The number of anilines is 1. The van der Waals surface area contributed by atoms with Crippen molar-refractivity contribution >= 4 is 50.9 Å². The van der Waals surface area contributed by atoms with Crippen molar-refractivity contribution in [3.05, 3.63) is 94.2 Å². The molecule has 0 saturated heterocycles. The van der Waals surface area contributed by atoms with Gasteiger partial charge in [0, 0.05) is 20.9 Å². The van der Waals surface area contributed by atoms with E-state index in [-0.39, 0.29) is 18.3 Å². The molecule has 0 aliphatic heterocycles. The fourth-order valence-electron chi connectivity index (χ4n) is 2.89. The number of carbonyl (C=O) groups is 1. The Labute approximate surface area is 203 Å². The monoisotopic (exact) mass is 528 g/mol. The molecular formula is C23H18BrClN4O2S. The number of halogens is 2. The van der Waals surface area contributed by atoms with Crippen molar-refractivity contribution in [1.29, 1.82) is 0 Å². The molecule has 9 heteroatoms. The maximum atomic E-state index is 12.5. The molecule has 32 heavy (non-hydrogen) atoms. The molecule has 4 aromatic rings. The van der Waals surface area contributed by atoms with Crippen LogP contribution in [0.2, 0.25) is 5.02 Å². The van der Waals surface area contributed by atoms with E-state index in [4.69, 9.17) is 16.3 Å². The number of rotatable bonds is 8. The van der Waals surface area contributed by atoms with Crippen LogP contribution < -0.4 is 10.1 Å². The minimum atomic E-state index is -0.138. The van der Waals surface area contributed by atoms with E-state index in [9.17, 15) is 4.79 Å². The Kier molecular flexibility index (Phi) is 7.47. The van der Waals surface area contributed by atoms with E-state index in [1.807, 2.05) is 71.3 Å². The van der Waals surface area contributed by atoms with Crippen LogP contribution in [0.1, 0.15) is 5.82 Å². The minimum Gasteiger partial charge on any atom is -0.486 e. The standard InChI is InChI=1S/C23H18BrClN4O2S/c24-16-5-4-6-18(13-16)26-22(30)15-32-23-28-27-21(14-31-20-7-2-1-3-8-20)29(23)19-11-9-17(25)10-12-19/h1-13H,14-15H2,(H,26,30). The first-order valence-corrected chi connectivity index (χ1v) is 11.8. The number of aromatic nitrogens is 3. The van der Waals surface area contributed by atoms with E-state index in [2.05, 4.69) is 31.4 Å². The molecule has 0 atom stereocenters. The summed E-state index contributed by atoms with van der Waals surface area (Å²) >= 11 is 10.8. The molecule has 3 aromatic carbocycles. The maximum Gasteiger partial charge on any atom is 0.234 e. The number of carbonyl (C=O) groups excluding carboxylic acids is 1. The highest BCUT2D eigenvalue weighted by atomic mass is 79.9. The van der Waals surface area contributed by atoms with Gasteiger partial charge in [-0.1, -0.05) is 63.6 Å². The molecule has 1 heterocycles. The molecule has 0 aliphatic carbocycles. The first kappa shape index (κ1) is 22.4. The summed E-state index contributed by atoms with van der Waals surface area (Å²) in [4.78, 5) is 12.5. The second kappa shape index (κ2) is 10.7. The van der Waals surface area contributed by atoms with Crippen LogP contribution in [-0.4, -0.2) is 26.4 Å². The molecule has 0 fully saturated rings. The van der Waals surface area contributed by atoms with E-state index in [0.717, 1.165) is 21.6 Å². The van der Waals surface area contributed by atoms with Gasteiger partial charge in [0.15, 0.2) is 11.0 Å². The number of nitrogens with one attached hydrogen (secondary N) is 1. The van der Waals surface area contributed by atoms with Crippen LogP contribution in [0.25, 0.3) is 5.69 Å². The van der Waals surface area contributed by atoms with Crippen LogP contribution in [0.4, 0.5) is 5.69 Å². The van der Waals surface area contributed by atoms with Gasteiger partial charge in [-0.3, -0.25) is 9.36 Å². The summed E-state index contributed by atoms with van der Waals surface area (Å²) in [6.07, 6.45) is 0. The zero-order valence-electron chi connectivity index (χ0n) is 16.7. The van der Waals surface area contributed by atoms with Gasteiger partial charge in [0.25, 0.3) is 0 Å². The van der Waals surface area contributed by atoms with Crippen LogP contribution in [0, 0.1) is 0 Å². The average Bonchev–Trinajstić information content (AvgIpc) is 3.20. The number of benzene rings is 3. The topological polar surface area (TPSA) is 69.0 Å². The molecular weight excluding hydrogens is 512 g/mol. The molecule has 0 radical (unpaired) electrons. The van der Waals surface area contributed by atoms with Gasteiger partial charge in [0.2, 0.25) is 5.91 Å². The Morgan fingerprint density at radius 2 is 1.81 bits per heavy atom. The van der Waals surface area contributed by atoms with Crippen molar-refractivity contribution in [3.63, 3.8) is 0 Å². The summed E-state index contributed by atoms with van der Waals surface area (Å²) in [5.41, 5.74) is 1.56. The molecule has 1 N–H and O–H groups in total. The van der Waals surface area contributed by atoms with Gasteiger partial charge in [-0.25, -0.2) is 0 Å². The van der Waals surface area contributed by atoms with Gasteiger partial charge < -0.3 is 10.1 Å². The highest BCUT2D eigenvalue weighted by molar-refractivity contribution is 9.10. The number of hydrogen-bond acceptors (Lipinski definition) is 5. The van der Waals surface area contributed by atoms with Gasteiger partial charge in [0.1, 0.15) is 12.4 Å². The van der Waals surface area contributed by atoms with Gasteiger partial charge in [-0.15, -0.1) is 10.2 Å². The molecule has 0 bridgehead atoms. The van der Waals surface area contributed by atoms with E-state index in [1.165, 1.54) is 11.8 Å². The fourth-order valence-corrected chi connectivity index (χ4v) is 4.19. The number of amides is 1. The van der Waals surface area contributed by atoms with Crippen molar-refractivity contribution in [2.45, 2.75) is 11.8 Å². The molecule has 162 valence electrons. The predicted molar refractivity (Wildman–Crippen MR) is 131 cm³/mol. The van der Waals surface area contributed by atoms with Crippen molar-refractivity contribution in [2.75, 3.05) is 11.1 Å². The van der Waals surface area contributed by atoms with E-state index >= 15 is 0 Å². The lowest BCUT2D eigenvalue weighted by atomic mass is 10.3. The Morgan fingerprint density at radius 1 is 1.03 bits per heavy atom. The summed E-state index contributed by atoms with van der Waals surface area (Å²) in [5, 5.41) is 12.7. The SMILES string of the molecule is O=C(CSc1nnc(COc2ccccc2)n1-c1ccc(Cl)cc1)Nc1cccc(Br)c1. The van der Waals surface area contributed by atoms with Crippen LogP contribution in [0.3, 0.4) is 0 Å². The molecule has 0 aliphatic rings. The number of ether oxygens (including phenoxy) is 1. The Balaban J connectivity index is 1.51. The molecule has 1 aromatic heterocycles. The summed E-state index contributed by atoms with van der Waals surface area (Å²) in [6, 6.07) is 24.3. The number of thioether (sulfide) groups is 1. The van der Waals surface area contributed by atoms with Crippen molar-refractivity contribution in [3.8, 4) is 11.4 Å². The lowest BCUT2D eigenvalue weighted by Crippen LogP contribution is -2.14. The lowest BCUT2D eigenvalue weighted by molar-refractivity contribution is -0.113. The third kappa shape index (κ3) is 5.91.